The average molecular weight is 374 g/mol. The minimum Gasteiger partial charge on any atom is -0.462 e. The van der Waals surface area contributed by atoms with Crippen LogP contribution in [0, 0.1) is 0 Å². The van der Waals surface area contributed by atoms with Crippen LogP contribution in [0.3, 0.4) is 0 Å². The molecule has 2 heterocycles. The Hall–Kier alpha value is -3.18. The lowest BCUT2D eigenvalue weighted by Gasteiger charge is -2.09. The van der Waals surface area contributed by atoms with Crippen LogP contribution in [0.2, 0.25) is 0 Å². The monoisotopic (exact) mass is 374 g/mol. The van der Waals surface area contributed by atoms with E-state index in [0.717, 1.165) is 32.6 Å². The molecule has 0 radical (unpaired) electrons. The largest absolute Gasteiger partial charge is 0.462 e. The van der Waals surface area contributed by atoms with Crippen LogP contribution < -0.4 is 5.73 Å². The van der Waals surface area contributed by atoms with Gasteiger partial charge < -0.3 is 10.5 Å². The Kier molecular flexibility index (Phi) is 4.60. The number of nitrogens with two attached hydrogens (primary N) is 1. The molecule has 4 nitrogen and oxygen atoms in total. The maximum absolute atomic E-state index is 12.3. The van der Waals surface area contributed by atoms with Gasteiger partial charge in [0.15, 0.2) is 0 Å². The molecule has 0 aliphatic heterocycles. The molecular formula is C22H18N2O2S. The molecule has 0 saturated heterocycles. The molecule has 0 fully saturated rings. The van der Waals surface area contributed by atoms with Crippen LogP contribution in [0.5, 0.6) is 0 Å². The zero-order valence-electron chi connectivity index (χ0n) is 14.8. The molecule has 2 N–H and O–H groups in total. The van der Waals surface area contributed by atoms with Gasteiger partial charge in [-0.25, -0.2) is 9.78 Å². The summed E-state index contributed by atoms with van der Waals surface area (Å²) >= 11 is 1.28. The van der Waals surface area contributed by atoms with Gasteiger partial charge in [-0.3, -0.25) is 0 Å². The Balaban J connectivity index is 2.01. The van der Waals surface area contributed by atoms with Gasteiger partial charge in [0.1, 0.15) is 9.71 Å². The fourth-order valence-electron chi connectivity index (χ4n) is 3.07. The first kappa shape index (κ1) is 17.2. The van der Waals surface area contributed by atoms with E-state index in [1.807, 2.05) is 66.7 Å². The summed E-state index contributed by atoms with van der Waals surface area (Å²) in [6.07, 6.45) is 0. The molecule has 0 aliphatic rings. The fraction of sp³-hybridized carbons (Fsp3) is 0.0909. The predicted octanol–water partition coefficient (Wildman–Crippen LogP) is 5.39. The highest BCUT2D eigenvalue weighted by atomic mass is 32.1. The minimum absolute atomic E-state index is 0.306. The summed E-state index contributed by atoms with van der Waals surface area (Å²) in [5.41, 5.74) is 10.6. The molecule has 0 aliphatic carbocycles. The second-order valence-electron chi connectivity index (χ2n) is 6.03. The number of anilines is 1. The molecule has 134 valence electrons. The van der Waals surface area contributed by atoms with E-state index in [-0.39, 0.29) is 0 Å². The third kappa shape index (κ3) is 3.17. The standard InChI is InChI=1S/C22H18N2O2S/c1-2-26-22(25)20-19(23)18-16(14-9-5-3-6-10-14)13-17(24-21(18)27-20)15-11-7-4-8-12-15/h3-13H,2,23H2,1H3. The number of nitrogens with zero attached hydrogens (tertiary/aromatic N) is 1. The third-order valence-corrected chi connectivity index (χ3v) is 5.39. The summed E-state index contributed by atoms with van der Waals surface area (Å²) in [5.74, 6) is -0.404. The van der Waals surface area contributed by atoms with Crippen molar-refractivity contribution in [2.24, 2.45) is 0 Å². The fourth-order valence-corrected chi connectivity index (χ4v) is 4.09. The lowest BCUT2D eigenvalue weighted by atomic mass is 9.99. The predicted molar refractivity (Wildman–Crippen MR) is 111 cm³/mol. The van der Waals surface area contributed by atoms with Gasteiger partial charge in [0.05, 0.1) is 18.0 Å². The summed E-state index contributed by atoms with van der Waals surface area (Å²) in [6, 6.07) is 22.0. The van der Waals surface area contributed by atoms with E-state index in [0.29, 0.717) is 17.2 Å². The third-order valence-electron chi connectivity index (χ3n) is 4.31. The molecule has 0 unspecified atom stereocenters. The van der Waals surface area contributed by atoms with Crippen LogP contribution in [-0.2, 0) is 4.74 Å². The Morgan fingerprint density at radius 1 is 1.04 bits per heavy atom. The normalized spacial score (nSPS) is 10.9. The van der Waals surface area contributed by atoms with E-state index in [1.165, 1.54) is 11.3 Å². The smallest absolute Gasteiger partial charge is 0.350 e. The number of hydrogen-bond donors (Lipinski definition) is 1. The van der Waals surface area contributed by atoms with Gasteiger partial charge in [-0.15, -0.1) is 11.3 Å². The number of aromatic nitrogens is 1. The van der Waals surface area contributed by atoms with Crippen molar-refractivity contribution >= 4 is 33.2 Å². The number of pyridine rings is 1. The zero-order chi connectivity index (χ0) is 18.8. The van der Waals surface area contributed by atoms with E-state index < -0.39 is 5.97 Å². The van der Waals surface area contributed by atoms with Crippen molar-refractivity contribution in [3.63, 3.8) is 0 Å². The number of thiophene rings is 1. The number of ether oxygens (including phenoxy) is 1. The van der Waals surface area contributed by atoms with E-state index in [4.69, 9.17) is 15.5 Å². The number of esters is 1. The Bertz CT molecular complexity index is 1110. The lowest BCUT2D eigenvalue weighted by Crippen LogP contribution is -2.04. The maximum Gasteiger partial charge on any atom is 0.350 e. The molecule has 5 heteroatoms. The van der Waals surface area contributed by atoms with E-state index in [2.05, 4.69) is 0 Å². The maximum atomic E-state index is 12.3. The highest BCUT2D eigenvalue weighted by Crippen LogP contribution is 2.41. The zero-order valence-corrected chi connectivity index (χ0v) is 15.6. The van der Waals surface area contributed by atoms with Crippen LogP contribution in [0.25, 0.3) is 32.6 Å². The van der Waals surface area contributed by atoms with Crippen molar-refractivity contribution in [2.45, 2.75) is 6.92 Å². The summed E-state index contributed by atoms with van der Waals surface area (Å²) in [6.45, 7) is 2.09. The van der Waals surface area contributed by atoms with Crippen molar-refractivity contribution in [2.75, 3.05) is 12.3 Å². The first-order valence-corrected chi connectivity index (χ1v) is 9.51. The van der Waals surface area contributed by atoms with E-state index in [1.54, 1.807) is 6.92 Å². The van der Waals surface area contributed by atoms with Crippen molar-refractivity contribution in [1.82, 2.24) is 4.98 Å². The highest BCUT2D eigenvalue weighted by Gasteiger charge is 2.22. The molecular weight excluding hydrogens is 356 g/mol. The summed E-state index contributed by atoms with van der Waals surface area (Å²) in [4.78, 5) is 18.2. The topological polar surface area (TPSA) is 65.2 Å². The van der Waals surface area contributed by atoms with Gasteiger partial charge in [0.25, 0.3) is 0 Å². The van der Waals surface area contributed by atoms with Crippen LogP contribution in [0.1, 0.15) is 16.6 Å². The number of rotatable bonds is 4. The second kappa shape index (κ2) is 7.21. The van der Waals surface area contributed by atoms with E-state index in [9.17, 15) is 4.79 Å². The Labute approximate surface area is 161 Å². The van der Waals surface area contributed by atoms with Crippen molar-refractivity contribution in [3.8, 4) is 22.4 Å². The van der Waals surface area contributed by atoms with Crippen LogP contribution in [0.4, 0.5) is 5.69 Å². The number of nitrogen functional groups attached to an aromatic ring is 1. The molecule has 2 aromatic carbocycles. The number of benzene rings is 2. The molecule has 0 spiro atoms. The molecule has 0 amide bonds. The van der Waals surface area contributed by atoms with Crippen LogP contribution in [0.15, 0.2) is 66.7 Å². The average Bonchev–Trinajstić information content (AvgIpc) is 3.05. The van der Waals surface area contributed by atoms with Gasteiger partial charge >= 0.3 is 5.97 Å². The Morgan fingerprint density at radius 3 is 2.30 bits per heavy atom. The van der Waals surface area contributed by atoms with Crippen molar-refractivity contribution in [1.29, 1.82) is 0 Å². The van der Waals surface area contributed by atoms with Crippen molar-refractivity contribution < 1.29 is 9.53 Å². The summed E-state index contributed by atoms with van der Waals surface area (Å²) in [5, 5.41) is 0.800. The first-order valence-electron chi connectivity index (χ1n) is 8.70. The van der Waals surface area contributed by atoms with Crippen molar-refractivity contribution in [3.05, 3.63) is 71.6 Å². The molecule has 4 aromatic rings. The molecule has 0 saturated carbocycles. The van der Waals surface area contributed by atoms with Crippen LogP contribution in [-0.4, -0.2) is 17.6 Å². The molecule has 0 atom stereocenters. The van der Waals surface area contributed by atoms with Gasteiger partial charge in [-0.2, -0.15) is 0 Å². The first-order chi connectivity index (χ1) is 13.2. The van der Waals surface area contributed by atoms with Gasteiger partial charge in [0.2, 0.25) is 0 Å². The molecule has 4 rings (SSSR count). The highest BCUT2D eigenvalue weighted by molar-refractivity contribution is 7.21. The summed E-state index contributed by atoms with van der Waals surface area (Å²) in [7, 11) is 0. The molecule has 2 aromatic heterocycles. The SMILES string of the molecule is CCOC(=O)c1sc2nc(-c3ccccc3)cc(-c3ccccc3)c2c1N. The quantitative estimate of drug-likeness (QED) is 0.486. The number of hydrogen-bond acceptors (Lipinski definition) is 5. The van der Waals surface area contributed by atoms with Gasteiger partial charge in [0, 0.05) is 10.9 Å². The van der Waals surface area contributed by atoms with Crippen LogP contribution >= 0.6 is 11.3 Å². The number of carbonyl (C=O) groups excluding carboxylic acids is 1. The number of carbonyl (C=O) groups is 1. The molecule has 0 bridgehead atoms. The van der Waals surface area contributed by atoms with Gasteiger partial charge in [-0.05, 0) is 24.1 Å². The van der Waals surface area contributed by atoms with E-state index >= 15 is 0 Å². The minimum atomic E-state index is -0.404. The second-order valence-corrected chi connectivity index (χ2v) is 7.03. The Morgan fingerprint density at radius 2 is 1.67 bits per heavy atom. The lowest BCUT2D eigenvalue weighted by molar-refractivity contribution is 0.0533. The molecule has 27 heavy (non-hydrogen) atoms. The van der Waals surface area contributed by atoms with Gasteiger partial charge in [-0.1, -0.05) is 60.7 Å². The summed E-state index contributed by atoms with van der Waals surface area (Å²) < 4.78 is 5.16. The number of fused-ring (bicyclic) bond motifs is 1.